The minimum absolute atomic E-state index is 0.377. The summed E-state index contributed by atoms with van der Waals surface area (Å²) in [5.74, 6) is 2.36. The smallest absolute Gasteiger partial charge is 0.154 e. The fourth-order valence-electron chi connectivity index (χ4n) is 4.25. The van der Waals surface area contributed by atoms with Crippen LogP contribution in [0, 0.1) is 0 Å². The summed E-state index contributed by atoms with van der Waals surface area (Å²) in [6.45, 7) is 2.51. The third-order valence-electron chi connectivity index (χ3n) is 6.18. The Morgan fingerprint density at radius 1 is 0.462 bits per heavy atom. The maximum Gasteiger partial charge on any atom is 0.154 e. The first-order valence-electron chi connectivity index (χ1n) is 12.8. The molecule has 196 valence electrons. The number of H-pyrrole nitrogens is 1. The Morgan fingerprint density at radius 3 is 1.33 bits per heavy atom. The summed E-state index contributed by atoms with van der Waals surface area (Å²) in [6.07, 6.45) is 0. The molecule has 0 amide bonds. The number of aromatic nitrogens is 1. The molecule has 2 heterocycles. The normalized spacial score (nSPS) is 15.1. The van der Waals surface area contributed by atoms with Crippen LogP contribution in [0.2, 0.25) is 0 Å². The first kappa shape index (κ1) is 24.7. The Hall–Kier alpha value is -4.60. The van der Waals surface area contributed by atoms with Gasteiger partial charge in [-0.2, -0.15) is 0 Å². The number of ether oxygens (including phenoxy) is 4. The molecule has 0 atom stereocenters. The van der Waals surface area contributed by atoms with Crippen LogP contribution < -0.4 is 9.47 Å². The van der Waals surface area contributed by atoms with Crippen LogP contribution in [0.3, 0.4) is 0 Å². The maximum absolute atomic E-state index is 6.02. The van der Waals surface area contributed by atoms with Crippen LogP contribution in [0.4, 0.5) is 23.0 Å². The summed E-state index contributed by atoms with van der Waals surface area (Å²) in [5, 5.41) is 21.9. The van der Waals surface area contributed by atoms with Gasteiger partial charge in [-0.05, 0) is 57.9 Å². The molecule has 0 fully saturated rings. The largest absolute Gasteiger partial charge is 0.489 e. The third-order valence-corrected chi connectivity index (χ3v) is 6.18. The van der Waals surface area contributed by atoms with Crippen LogP contribution in [-0.4, -0.2) is 44.6 Å². The van der Waals surface area contributed by atoms with Gasteiger partial charge in [-0.3, -0.25) is 0 Å². The SMILES string of the molecule is c1ccc2cc3c(cc2c1)N=Nc1ccc([nH]1)N=Nc1cc2ccccc2cc1OCCOCCOCCO3. The second-order valence-electron chi connectivity index (χ2n) is 8.88. The lowest BCUT2D eigenvalue weighted by Gasteiger charge is -2.11. The molecule has 1 aliphatic rings. The second kappa shape index (κ2) is 11.8. The van der Waals surface area contributed by atoms with Crippen molar-refractivity contribution in [2.24, 2.45) is 20.5 Å². The summed E-state index contributed by atoms with van der Waals surface area (Å²) in [5.41, 5.74) is 1.25. The van der Waals surface area contributed by atoms with E-state index in [-0.39, 0.29) is 0 Å². The number of nitrogens with one attached hydrogen (secondary N) is 1. The van der Waals surface area contributed by atoms with Crippen LogP contribution in [0.15, 0.2) is 105 Å². The molecule has 0 radical (unpaired) electrons. The Labute approximate surface area is 225 Å². The van der Waals surface area contributed by atoms with Crippen LogP contribution in [0.5, 0.6) is 11.5 Å². The van der Waals surface area contributed by atoms with Gasteiger partial charge >= 0.3 is 0 Å². The van der Waals surface area contributed by atoms with Crippen molar-refractivity contribution in [3.05, 3.63) is 84.9 Å². The highest BCUT2D eigenvalue weighted by molar-refractivity contribution is 5.88. The summed E-state index contributed by atoms with van der Waals surface area (Å²) < 4.78 is 23.4. The van der Waals surface area contributed by atoms with E-state index in [1.807, 2.05) is 72.8 Å². The van der Waals surface area contributed by atoms with Gasteiger partial charge in [0.25, 0.3) is 0 Å². The molecular formula is C30H27N5O4. The molecule has 6 rings (SSSR count). The van der Waals surface area contributed by atoms with Crippen LogP contribution in [-0.2, 0) is 9.47 Å². The predicted octanol–water partition coefficient (Wildman–Crippen LogP) is 7.96. The van der Waals surface area contributed by atoms with Gasteiger partial charge in [0.1, 0.15) is 36.1 Å². The lowest BCUT2D eigenvalue weighted by molar-refractivity contribution is 0.0275. The molecule has 9 heteroatoms. The fraction of sp³-hybridized carbons (Fsp3) is 0.200. The summed E-state index contributed by atoms with van der Waals surface area (Å²) in [4.78, 5) is 3.14. The van der Waals surface area contributed by atoms with Crippen molar-refractivity contribution in [2.75, 3.05) is 39.6 Å². The van der Waals surface area contributed by atoms with Gasteiger partial charge in [0.05, 0.1) is 26.4 Å². The lowest BCUT2D eigenvalue weighted by atomic mass is 10.1. The van der Waals surface area contributed by atoms with E-state index in [1.165, 1.54) is 0 Å². The highest BCUT2D eigenvalue weighted by atomic mass is 16.6. The quantitative estimate of drug-likeness (QED) is 0.223. The fourth-order valence-corrected chi connectivity index (χ4v) is 4.25. The van der Waals surface area contributed by atoms with Gasteiger partial charge < -0.3 is 23.9 Å². The van der Waals surface area contributed by atoms with Crippen molar-refractivity contribution in [1.82, 2.24) is 4.98 Å². The van der Waals surface area contributed by atoms with Crippen LogP contribution >= 0.6 is 0 Å². The molecule has 0 saturated heterocycles. The first-order chi connectivity index (χ1) is 19.3. The highest BCUT2D eigenvalue weighted by Gasteiger charge is 2.09. The molecule has 9 nitrogen and oxygen atoms in total. The zero-order valence-corrected chi connectivity index (χ0v) is 21.2. The number of nitrogens with zero attached hydrogens (tertiary/aromatic N) is 4. The molecule has 1 aromatic heterocycles. The van der Waals surface area contributed by atoms with E-state index in [9.17, 15) is 0 Å². The van der Waals surface area contributed by atoms with Gasteiger partial charge in [-0.15, -0.1) is 20.5 Å². The van der Waals surface area contributed by atoms with Crippen molar-refractivity contribution >= 4 is 44.6 Å². The molecular weight excluding hydrogens is 494 g/mol. The van der Waals surface area contributed by atoms with E-state index in [4.69, 9.17) is 18.9 Å². The van der Waals surface area contributed by atoms with Crippen molar-refractivity contribution in [3.8, 4) is 11.5 Å². The molecule has 2 bridgehead atoms. The Kier molecular flexibility index (Phi) is 7.51. The number of benzene rings is 4. The molecule has 0 spiro atoms. The zero-order valence-electron chi connectivity index (χ0n) is 21.2. The van der Waals surface area contributed by atoms with Crippen molar-refractivity contribution < 1.29 is 18.9 Å². The molecule has 0 unspecified atom stereocenters. The van der Waals surface area contributed by atoms with Gasteiger partial charge in [0.15, 0.2) is 11.6 Å². The standard InChI is InChI=1S/C30H27N5O4/c1-3-7-23-19-27-25(17-21(23)5-1)32-34-29-9-10-30(31-29)35-33-26-18-22-6-2-4-8-24(22)20-28(26)39-16-14-37-12-11-36-13-15-38-27/h1-10,17-20,31H,11-16H2. The number of azo groups is 2. The van der Waals surface area contributed by atoms with Crippen molar-refractivity contribution in [1.29, 1.82) is 0 Å². The summed E-state index contributed by atoms with van der Waals surface area (Å²) in [7, 11) is 0. The minimum atomic E-state index is 0.377. The molecule has 0 saturated carbocycles. The van der Waals surface area contributed by atoms with Gasteiger partial charge in [0.2, 0.25) is 0 Å². The minimum Gasteiger partial charge on any atom is -0.489 e. The summed E-state index contributed by atoms with van der Waals surface area (Å²) >= 11 is 0. The van der Waals surface area contributed by atoms with Crippen LogP contribution in [0.25, 0.3) is 21.5 Å². The molecule has 1 aliphatic heterocycles. The predicted molar refractivity (Wildman–Crippen MR) is 150 cm³/mol. The second-order valence-corrected chi connectivity index (χ2v) is 8.88. The van der Waals surface area contributed by atoms with Gasteiger partial charge in [-0.1, -0.05) is 48.5 Å². The van der Waals surface area contributed by atoms with Crippen molar-refractivity contribution in [2.45, 2.75) is 0 Å². The van der Waals surface area contributed by atoms with Crippen LogP contribution in [0.1, 0.15) is 0 Å². The van der Waals surface area contributed by atoms with E-state index >= 15 is 0 Å². The maximum atomic E-state index is 6.02. The lowest BCUT2D eigenvalue weighted by Crippen LogP contribution is -2.13. The van der Waals surface area contributed by atoms with Crippen molar-refractivity contribution in [3.63, 3.8) is 0 Å². The first-order valence-corrected chi connectivity index (χ1v) is 12.8. The highest BCUT2D eigenvalue weighted by Crippen LogP contribution is 2.36. The number of rotatable bonds is 0. The van der Waals surface area contributed by atoms with E-state index in [2.05, 4.69) is 25.4 Å². The molecule has 4 aromatic carbocycles. The molecule has 1 N–H and O–H groups in total. The zero-order chi connectivity index (χ0) is 26.3. The van der Waals surface area contributed by atoms with Gasteiger partial charge in [0, 0.05) is 0 Å². The van der Waals surface area contributed by atoms with E-state index in [1.54, 1.807) is 12.1 Å². The number of aromatic amines is 1. The monoisotopic (exact) mass is 521 g/mol. The van der Waals surface area contributed by atoms with E-state index < -0.39 is 0 Å². The Bertz CT molecular complexity index is 1530. The molecule has 0 aliphatic carbocycles. The number of fused-ring (bicyclic) bond motifs is 6. The van der Waals surface area contributed by atoms with E-state index in [0.717, 1.165) is 21.5 Å². The average Bonchev–Trinajstić information content (AvgIpc) is 3.43. The Balaban J connectivity index is 1.31. The van der Waals surface area contributed by atoms with Gasteiger partial charge in [-0.25, -0.2) is 0 Å². The number of hydrogen-bond donors (Lipinski definition) is 1. The van der Waals surface area contributed by atoms with E-state index in [0.29, 0.717) is 74.2 Å². The number of hydrogen-bond acceptors (Lipinski definition) is 8. The molecule has 5 aromatic rings. The average molecular weight is 522 g/mol. The Morgan fingerprint density at radius 2 is 0.872 bits per heavy atom. The topological polar surface area (TPSA) is 102 Å². The third kappa shape index (κ3) is 6.11. The molecule has 39 heavy (non-hydrogen) atoms. The summed E-state index contributed by atoms with van der Waals surface area (Å²) in [6, 6.07) is 27.6.